The minimum atomic E-state index is -0.924. The van der Waals surface area contributed by atoms with Gasteiger partial charge in [-0.05, 0) is 24.3 Å². The fourth-order valence-electron chi connectivity index (χ4n) is 1.77. The van der Waals surface area contributed by atoms with Gasteiger partial charge in [-0.3, -0.25) is 9.89 Å². The number of aliphatic carboxylic acids is 1. The molecule has 0 aliphatic carbocycles. The first-order valence-corrected chi connectivity index (χ1v) is 7.19. The predicted molar refractivity (Wildman–Crippen MR) is 80.1 cm³/mol. The van der Waals surface area contributed by atoms with Crippen LogP contribution in [0.2, 0.25) is 0 Å². The van der Waals surface area contributed by atoms with Gasteiger partial charge in [0.2, 0.25) is 5.16 Å². The Labute approximate surface area is 128 Å². The van der Waals surface area contributed by atoms with Crippen molar-refractivity contribution in [1.82, 2.24) is 20.2 Å². The van der Waals surface area contributed by atoms with Crippen molar-refractivity contribution >= 4 is 23.5 Å². The number of hydrogen-bond acceptors (Lipinski definition) is 7. The number of carboxylic acids is 1. The van der Waals surface area contributed by atoms with Crippen LogP contribution >= 0.6 is 11.8 Å². The minimum Gasteiger partial charge on any atom is -0.481 e. The van der Waals surface area contributed by atoms with Crippen LogP contribution in [0.15, 0.2) is 40.0 Å². The van der Waals surface area contributed by atoms with Gasteiger partial charge in [-0.25, -0.2) is 4.98 Å². The van der Waals surface area contributed by atoms with Crippen molar-refractivity contribution in [2.45, 2.75) is 5.16 Å². The van der Waals surface area contributed by atoms with Gasteiger partial charge in [0.15, 0.2) is 11.6 Å². The lowest BCUT2D eigenvalue weighted by atomic mass is 10.2. The molecule has 8 nitrogen and oxygen atoms in total. The topological polar surface area (TPSA) is 131 Å². The van der Waals surface area contributed by atoms with E-state index in [1.54, 1.807) is 30.5 Å². The Balaban J connectivity index is 1.80. The maximum Gasteiger partial charge on any atom is 0.313 e. The van der Waals surface area contributed by atoms with Crippen LogP contribution in [0.5, 0.6) is 0 Å². The number of nitrogens with zero attached hydrogens (tertiary/aromatic N) is 3. The molecule has 0 saturated carbocycles. The average molecular weight is 317 g/mol. The molecule has 0 spiro atoms. The number of nitrogens with one attached hydrogen (secondary N) is 1. The molecule has 22 heavy (non-hydrogen) atoms. The summed E-state index contributed by atoms with van der Waals surface area (Å²) in [5.74, 6) is 0.938. The molecule has 0 atom stereocenters. The molecule has 112 valence electrons. The Morgan fingerprint density at radius 3 is 2.95 bits per heavy atom. The van der Waals surface area contributed by atoms with E-state index < -0.39 is 5.97 Å². The number of aromatic nitrogens is 4. The largest absolute Gasteiger partial charge is 0.481 e. The predicted octanol–water partition coefficient (Wildman–Crippen LogP) is 1.89. The van der Waals surface area contributed by atoms with Gasteiger partial charge < -0.3 is 15.3 Å². The summed E-state index contributed by atoms with van der Waals surface area (Å²) in [7, 11) is 0. The second-order valence-electron chi connectivity index (χ2n) is 4.28. The van der Waals surface area contributed by atoms with Crippen molar-refractivity contribution in [2.75, 3.05) is 11.5 Å². The van der Waals surface area contributed by atoms with Gasteiger partial charge in [-0.2, -0.15) is 4.98 Å². The summed E-state index contributed by atoms with van der Waals surface area (Å²) in [6, 6.07) is 7.03. The summed E-state index contributed by atoms with van der Waals surface area (Å²) in [5.41, 5.74) is 6.45. The molecule has 3 heterocycles. The fourth-order valence-corrected chi connectivity index (χ4v) is 2.29. The number of thioether (sulfide) groups is 1. The highest BCUT2D eigenvalue weighted by molar-refractivity contribution is 7.99. The lowest BCUT2D eigenvalue weighted by Gasteiger charge is -1.97. The van der Waals surface area contributed by atoms with Gasteiger partial charge >= 0.3 is 5.97 Å². The van der Waals surface area contributed by atoms with Crippen LogP contribution < -0.4 is 5.73 Å². The molecule has 0 amide bonds. The zero-order valence-corrected chi connectivity index (χ0v) is 12.0. The monoisotopic (exact) mass is 317 g/mol. The standard InChI is InChI=1S/C13H11N5O3S/c14-10-5-7(3-4-15-10)8-1-2-9(21-8)12-16-13(18-17-12)22-6-11(19)20/h1-5H,6H2,(H2,14,15)(H,19,20)(H,16,17,18). The number of pyridine rings is 1. The Bertz CT molecular complexity index is 813. The van der Waals surface area contributed by atoms with Crippen molar-refractivity contribution in [3.8, 4) is 22.9 Å². The van der Waals surface area contributed by atoms with Gasteiger partial charge in [-0.15, -0.1) is 5.10 Å². The van der Waals surface area contributed by atoms with Gasteiger partial charge in [0.05, 0.1) is 5.75 Å². The number of carboxylic acid groups (broad SMARTS) is 1. The number of nitrogens with two attached hydrogens (primary N) is 1. The van der Waals surface area contributed by atoms with E-state index in [2.05, 4.69) is 20.2 Å². The SMILES string of the molecule is Nc1cc(-c2ccc(-c3nc(SCC(=O)O)n[nH]3)o2)ccn1. The maximum atomic E-state index is 10.5. The molecule has 0 aromatic carbocycles. The van der Waals surface area contributed by atoms with Crippen LogP contribution in [0.3, 0.4) is 0 Å². The van der Waals surface area contributed by atoms with Crippen LogP contribution in [0, 0.1) is 0 Å². The number of carbonyl (C=O) groups is 1. The molecule has 0 bridgehead atoms. The quantitative estimate of drug-likeness (QED) is 0.608. The van der Waals surface area contributed by atoms with Crippen LogP contribution in [0.1, 0.15) is 0 Å². The van der Waals surface area contributed by atoms with E-state index in [9.17, 15) is 4.79 Å². The summed E-state index contributed by atoms with van der Waals surface area (Å²) in [4.78, 5) is 18.6. The third-order valence-electron chi connectivity index (χ3n) is 2.69. The number of H-pyrrole nitrogens is 1. The lowest BCUT2D eigenvalue weighted by molar-refractivity contribution is -0.133. The number of nitrogen functional groups attached to an aromatic ring is 1. The second-order valence-corrected chi connectivity index (χ2v) is 5.22. The van der Waals surface area contributed by atoms with E-state index in [1.165, 1.54) is 0 Å². The highest BCUT2D eigenvalue weighted by atomic mass is 32.2. The molecule has 0 aliphatic rings. The molecular formula is C13H11N5O3S. The lowest BCUT2D eigenvalue weighted by Crippen LogP contribution is -1.97. The van der Waals surface area contributed by atoms with Gasteiger partial charge in [0.1, 0.15) is 11.6 Å². The van der Waals surface area contributed by atoms with Gasteiger partial charge in [0.25, 0.3) is 0 Å². The van der Waals surface area contributed by atoms with Crippen molar-refractivity contribution in [3.05, 3.63) is 30.5 Å². The Morgan fingerprint density at radius 2 is 2.18 bits per heavy atom. The summed E-state index contributed by atoms with van der Waals surface area (Å²) in [6.45, 7) is 0. The maximum absolute atomic E-state index is 10.5. The van der Waals surface area contributed by atoms with E-state index in [0.29, 0.717) is 28.3 Å². The molecule has 3 rings (SSSR count). The van der Waals surface area contributed by atoms with Crippen molar-refractivity contribution in [1.29, 1.82) is 0 Å². The second kappa shape index (κ2) is 5.90. The molecule has 9 heteroatoms. The van der Waals surface area contributed by atoms with Crippen LogP contribution in [-0.2, 0) is 4.79 Å². The third kappa shape index (κ3) is 3.09. The van der Waals surface area contributed by atoms with Crippen molar-refractivity contribution in [2.24, 2.45) is 0 Å². The highest BCUT2D eigenvalue weighted by Gasteiger charge is 2.12. The third-order valence-corrected chi connectivity index (χ3v) is 3.53. The first-order chi connectivity index (χ1) is 10.6. The number of furan rings is 1. The molecule has 0 saturated heterocycles. The fraction of sp³-hybridized carbons (Fsp3) is 0.0769. The molecule has 4 N–H and O–H groups in total. The molecule has 0 unspecified atom stereocenters. The van der Waals surface area contributed by atoms with E-state index in [-0.39, 0.29) is 5.75 Å². The summed E-state index contributed by atoms with van der Waals surface area (Å²) in [6.07, 6.45) is 1.60. The van der Waals surface area contributed by atoms with E-state index in [1.807, 2.05) is 0 Å². The Morgan fingerprint density at radius 1 is 1.36 bits per heavy atom. The van der Waals surface area contributed by atoms with E-state index in [0.717, 1.165) is 17.3 Å². The Hall–Kier alpha value is -2.81. The number of anilines is 1. The zero-order valence-electron chi connectivity index (χ0n) is 11.2. The normalized spacial score (nSPS) is 10.7. The summed E-state index contributed by atoms with van der Waals surface area (Å²) < 4.78 is 5.71. The van der Waals surface area contributed by atoms with E-state index in [4.69, 9.17) is 15.3 Å². The first kappa shape index (κ1) is 14.1. The zero-order chi connectivity index (χ0) is 15.5. The number of rotatable bonds is 5. The number of aromatic amines is 1. The van der Waals surface area contributed by atoms with Crippen LogP contribution in [0.4, 0.5) is 5.82 Å². The highest BCUT2D eigenvalue weighted by Crippen LogP contribution is 2.27. The first-order valence-electron chi connectivity index (χ1n) is 6.21. The van der Waals surface area contributed by atoms with Gasteiger partial charge in [-0.1, -0.05) is 11.8 Å². The molecule has 3 aromatic rings. The van der Waals surface area contributed by atoms with Crippen LogP contribution in [-0.4, -0.2) is 37.0 Å². The summed E-state index contributed by atoms with van der Waals surface area (Å²) in [5, 5.41) is 15.6. The van der Waals surface area contributed by atoms with Crippen molar-refractivity contribution < 1.29 is 14.3 Å². The van der Waals surface area contributed by atoms with Gasteiger partial charge in [0, 0.05) is 11.8 Å². The smallest absolute Gasteiger partial charge is 0.313 e. The Kier molecular flexibility index (Phi) is 3.79. The van der Waals surface area contributed by atoms with Crippen LogP contribution in [0.25, 0.3) is 22.9 Å². The molecule has 0 aliphatic heterocycles. The summed E-state index contributed by atoms with van der Waals surface area (Å²) >= 11 is 1.03. The molecule has 0 fully saturated rings. The molecule has 3 aromatic heterocycles. The minimum absolute atomic E-state index is 0.100. The van der Waals surface area contributed by atoms with Crippen molar-refractivity contribution in [3.63, 3.8) is 0 Å². The number of hydrogen-bond donors (Lipinski definition) is 3. The average Bonchev–Trinajstić information content (AvgIpc) is 3.14. The molecule has 0 radical (unpaired) electrons. The molecular weight excluding hydrogens is 306 g/mol. The van der Waals surface area contributed by atoms with E-state index >= 15 is 0 Å².